The summed E-state index contributed by atoms with van der Waals surface area (Å²) < 4.78 is 19.1. The maximum absolute atomic E-state index is 14.2. The predicted octanol–water partition coefficient (Wildman–Crippen LogP) is 3.38. The Kier molecular flexibility index (Phi) is 7.63. The largest absolute Gasteiger partial charge is 0.375 e. The van der Waals surface area contributed by atoms with Crippen LogP contribution in [-0.2, 0) is 9.53 Å². The number of nitrogens with zero attached hydrogens (tertiary/aromatic N) is 2. The zero-order valence-electron chi connectivity index (χ0n) is 18.7. The molecule has 33 heavy (non-hydrogen) atoms. The van der Waals surface area contributed by atoms with Gasteiger partial charge in [-0.1, -0.05) is 48.0 Å². The molecule has 176 valence electrons. The number of hydrogen-bond donors (Lipinski definition) is 1. The number of ether oxygens (including phenoxy) is 1. The summed E-state index contributed by atoms with van der Waals surface area (Å²) in [5.74, 6) is -0.321. The Morgan fingerprint density at radius 1 is 1.09 bits per heavy atom. The summed E-state index contributed by atoms with van der Waals surface area (Å²) in [6, 6.07) is 14.2. The van der Waals surface area contributed by atoms with Crippen LogP contribution in [-0.4, -0.2) is 68.1 Å². The molecule has 0 radical (unpaired) electrons. The van der Waals surface area contributed by atoms with E-state index in [1.807, 2.05) is 30.3 Å². The molecule has 2 aromatic rings. The van der Waals surface area contributed by atoms with Crippen LogP contribution in [0.4, 0.5) is 4.39 Å². The summed E-state index contributed by atoms with van der Waals surface area (Å²) in [6.45, 7) is 3.86. The average molecular weight is 474 g/mol. The summed E-state index contributed by atoms with van der Waals surface area (Å²) >= 11 is 6.09. The van der Waals surface area contributed by atoms with Gasteiger partial charge in [-0.05, 0) is 36.0 Å². The lowest BCUT2D eigenvalue weighted by atomic mass is 10.0. The molecule has 2 saturated heterocycles. The predicted molar refractivity (Wildman–Crippen MR) is 125 cm³/mol. The summed E-state index contributed by atoms with van der Waals surface area (Å²) in [5, 5.41) is 3.22. The Balaban J connectivity index is 1.33. The molecule has 2 unspecified atom stereocenters. The summed E-state index contributed by atoms with van der Waals surface area (Å²) in [6.07, 6.45) is 0.784. The second-order valence-electron chi connectivity index (χ2n) is 8.84. The Morgan fingerprint density at radius 2 is 1.79 bits per heavy atom. The van der Waals surface area contributed by atoms with Gasteiger partial charge in [0.1, 0.15) is 12.4 Å². The third-order valence-electron chi connectivity index (χ3n) is 6.57. The number of rotatable bonds is 8. The normalized spacial score (nSPS) is 21.1. The third kappa shape index (κ3) is 5.54. The highest BCUT2D eigenvalue weighted by Crippen LogP contribution is 2.33. The number of methoxy groups -OCH3 is 1. The van der Waals surface area contributed by atoms with Crippen LogP contribution >= 0.6 is 11.6 Å². The minimum absolute atomic E-state index is 0.0338. The van der Waals surface area contributed by atoms with Crippen LogP contribution in [0.2, 0.25) is 5.02 Å². The van der Waals surface area contributed by atoms with Gasteiger partial charge in [-0.15, -0.1) is 0 Å². The SMILES string of the molecule is COCC(=O)NC(CCN1CC2CN(C(=O)c3c(F)cccc3Cl)C[C@@H]2C1)c1ccccc1. The molecule has 2 aliphatic heterocycles. The molecule has 0 bridgehead atoms. The van der Waals surface area contributed by atoms with Crippen LogP contribution in [0.5, 0.6) is 0 Å². The fourth-order valence-electron chi connectivity index (χ4n) is 4.99. The first-order valence-electron chi connectivity index (χ1n) is 11.2. The van der Waals surface area contributed by atoms with Crippen molar-refractivity contribution in [1.82, 2.24) is 15.1 Å². The van der Waals surface area contributed by atoms with E-state index in [1.54, 1.807) is 11.0 Å². The van der Waals surface area contributed by atoms with E-state index in [-0.39, 0.29) is 35.0 Å². The molecule has 4 rings (SSSR count). The van der Waals surface area contributed by atoms with Crippen molar-refractivity contribution in [2.24, 2.45) is 11.8 Å². The first-order chi connectivity index (χ1) is 16.0. The number of amides is 2. The highest BCUT2D eigenvalue weighted by atomic mass is 35.5. The monoisotopic (exact) mass is 473 g/mol. The van der Waals surface area contributed by atoms with Gasteiger partial charge in [0.05, 0.1) is 16.6 Å². The van der Waals surface area contributed by atoms with Crippen molar-refractivity contribution in [1.29, 1.82) is 0 Å². The van der Waals surface area contributed by atoms with E-state index < -0.39 is 5.82 Å². The Hall–Kier alpha value is -2.48. The van der Waals surface area contributed by atoms with E-state index in [4.69, 9.17) is 16.3 Å². The fraction of sp³-hybridized carbons (Fsp3) is 0.440. The van der Waals surface area contributed by atoms with Crippen LogP contribution in [0.15, 0.2) is 48.5 Å². The van der Waals surface area contributed by atoms with Crippen molar-refractivity contribution in [2.75, 3.05) is 46.4 Å². The highest BCUT2D eigenvalue weighted by Gasteiger charge is 2.42. The zero-order valence-corrected chi connectivity index (χ0v) is 19.4. The first kappa shape index (κ1) is 23.7. The van der Waals surface area contributed by atoms with Crippen molar-refractivity contribution in [2.45, 2.75) is 12.5 Å². The molecule has 8 heteroatoms. The topological polar surface area (TPSA) is 61.9 Å². The molecule has 3 atom stereocenters. The van der Waals surface area contributed by atoms with Crippen molar-refractivity contribution in [3.63, 3.8) is 0 Å². The lowest BCUT2D eigenvalue weighted by Gasteiger charge is -2.25. The number of benzene rings is 2. The molecule has 0 spiro atoms. The van der Waals surface area contributed by atoms with Crippen LogP contribution in [0.25, 0.3) is 0 Å². The smallest absolute Gasteiger partial charge is 0.258 e. The first-order valence-corrected chi connectivity index (χ1v) is 11.6. The van der Waals surface area contributed by atoms with Gasteiger partial charge in [0.25, 0.3) is 5.91 Å². The molecular weight excluding hydrogens is 445 g/mol. The van der Waals surface area contributed by atoms with E-state index >= 15 is 0 Å². The van der Waals surface area contributed by atoms with Crippen molar-refractivity contribution in [3.05, 3.63) is 70.5 Å². The number of carbonyl (C=O) groups is 2. The molecule has 0 aliphatic carbocycles. The van der Waals surface area contributed by atoms with Gasteiger partial charge in [0.15, 0.2) is 0 Å². The van der Waals surface area contributed by atoms with E-state index in [0.29, 0.717) is 24.9 Å². The van der Waals surface area contributed by atoms with Gasteiger partial charge < -0.3 is 19.9 Å². The minimum atomic E-state index is -0.575. The summed E-state index contributed by atoms with van der Waals surface area (Å²) in [5.41, 5.74) is 1.04. The average Bonchev–Trinajstić information content (AvgIpc) is 3.36. The lowest BCUT2D eigenvalue weighted by molar-refractivity contribution is -0.125. The van der Waals surface area contributed by atoms with E-state index in [2.05, 4.69) is 10.2 Å². The molecule has 2 fully saturated rings. The maximum Gasteiger partial charge on any atom is 0.258 e. The van der Waals surface area contributed by atoms with E-state index in [9.17, 15) is 14.0 Å². The second-order valence-corrected chi connectivity index (χ2v) is 9.25. The minimum Gasteiger partial charge on any atom is -0.375 e. The number of carbonyl (C=O) groups excluding carboxylic acids is 2. The standard InChI is InChI=1S/C25H29ClFN3O3/c1-33-16-23(31)28-22(17-6-3-2-4-7-17)10-11-29-12-18-14-30(15-19(18)13-29)25(32)24-20(26)8-5-9-21(24)27/h2-9,18-19,22H,10-16H2,1H3,(H,28,31)/t18-,19?,22?/m0/s1. The second kappa shape index (κ2) is 10.6. The van der Waals surface area contributed by atoms with E-state index in [0.717, 1.165) is 31.6 Å². The fourth-order valence-corrected chi connectivity index (χ4v) is 5.23. The van der Waals surface area contributed by atoms with Gasteiger partial charge in [-0.2, -0.15) is 0 Å². The van der Waals surface area contributed by atoms with Crippen molar-refractivity contribution >= 4 is 23.4 Å². The van der Waals surface area contributed by atoms with Gasteiger partial charge >= 0.3 is 0 Å². The van der Waals surface area contributed by atoms with E-state index in [1.165, 1.54) is 19.2 Å². The third-order valence-corrected chi connectivity index (χ3v) is 6.89. The number of nitrogens with one attached hydrogen (secondary N) is 1. The van der Waals surface area contributed by atoms with Crippen molar-refractivity contribution < 1.29 is 18.7 Å². The Morgan fingerprint density at radius 3 is 2.42 bits per heavy atom. The molecule has 2 aromatic carbocycles. The number of fused-ring (bicyclic) bond motifs is 1. The molecule has 2 aliphatic rings. The summed E-state index contributed by atoms with van der Waals surface area (Å²) in [4.78, 5) is 29.1. The van der Waals surface area contributed by atoms with Crippen LogP contribution in [0.1, 0.15) is 28.4 Å². The van der Waals surface area contributed by atoms with Gasteiger partial charge in [0, 0.05) is 39.8 Å². The quantitative estimate of drug-likeness (QED) is 0.638. The molecule has 6 nitrogen and oxygen atoms in total. The van der Waals surface area contributed by atoms with Gasteiger partial charge in [-0.3, -0.25) is 9.59 Å². The highest BCUT2D eigenvalue weighted by molar-refractivity contribution is 6.33. The van der Waals surface area contributed by atoms with Crippen LogP contribution in [0.3, 0.4) is 0 Å². The molecule has 0 aromatic heterocycles. The number of likely N-dealkylation sites (tertiary alicyclic amines) is 2. The zero-order chi connectivity index (χ0) is 23.4. The Bertz CT molecular complexity index is 956. The number of halogens is 2. The van der Waals surface area contributed by atoms with Gasteiger partial charge in [-0.25, -0.2) is 4.39 Å². The van der Waals surface area contributed by atoms with Gasteiger partial charge in [0.2, 0.25) is 5.91 Å². The molecule has 1 N–H and O–H groups in total. The van der Waals surface area contributed by atoms with Crippen LogP contribution in [0, 0.1) is 17.7 Å². The molecule has 2 heterocycles. The van der Waals surface area contributed by atoms with Crippen molar-refractivity contribution in [3.8, 4) is 0 Å². The maximum atomic E-state index is 14.2. The molecule has 2 amide bonds. The summed E-state index contributed by atoms with van der Waals surface area (Å²) in [7, 11) is 1.51. The molecular formula is C25H29ClFN3O3. The van der Waals surface area contributed by atoms with Crippen LogP contribution < -0.4 is 5.32 Å². The number of hydrogen-bond acceptors (Lipinski definition) is 4. The lowest BCUT2D eigenvalue weighted by Crippen LogP contribution is -2.36. The Labute approximate surface area is 198 Å². The molecule has 0 saturated carbocycles.